The number of carbonyl (C=O) groups is 2. The topological polar surface area (TPSA) is 96.0 Å². The lowest BCUT2D eigenvalue weighted by Gasteiger charge is -2.32. The van der Waals surface area contributed by atoms with Gasteiger partial charge in [-0.3, -0.25) is 13.9 Å². The van der Waals surface area contributed by atoms with Crippen molar-refractivity contribution in [3.63, 3.8) is 0 Å². The highest BCUT2D eigenvalue weighted by molar-refractivity contribution is 7.92. The van der Waals surface area contributed by atoms with Gasteiger partial charge in [0, 0.05) is 13.1 Å². The number of likely N-dealkylation sites (N-methyl/N-ethyl adjacent to an activating group) is 1. The number of para-hydroxylation sites is 2. The van der Waals surface area contributed by atoms with Crippen molar-refractivity contribution in [3.8, 4) is 5.75 Å². The van der Waals surface area contributed by atoms with E-state index in [2.05, 4.69) is 5.32 Å². The van der Waals surface area contributed by atoms with Gasteiger partial charge in [-0.05, 0) is 57.5 Å². The quantitative estimate of drug-likeness (QED) is 0.375. The number of anilines is 1. The lowest BCUT2D eigenvalue weighted by Crippen LogP contribution is -2.51. The molecule has 3 aromatic carbocycles. The molecule has 0 aliphatic carbocycles. The maximum Gasteiger partial charge on any atom is 0.264 e. The molecule has 0 saturated carbocycles. The van der Waals surface area contributed by atoms with E-state index in [1.807, 2.05) is 31.2 Å². The average Bonchev–Trinajstić information content (AvgIpc) is 2.91. The molecule has 9 heteroatoms. The number of rotatable bonds is 12. The Hall–Kier alpha value is -3.85. The molecule has 0 aliphatic heterocycles. The number of ether oxygens (including phenoxy) is 1. The first-order valence-corrected chi connectivity index (χ1v) is 14.0. The van der Waals surface area contributed by atoms with Crippen molar-refractivity contribution in [2.24, 2.45) is 0 Å². The summed E-state index contributed by atoms with van der Waals surface area (Å²) in [4.78, 5) is 28.2. The van der Waals surface area contributed by atoms with Crippen molar-refractivity contribution in [1.82, 2.24) is 10.2 Å². The summed E-state index contributed by atoms with van der Waals surface area (Å²) in [5, 5.41) is 2.76. The largest absolute Gasteiger partial charge is 0.492 e. The van der Waals surface area contributed by atoms with Gasteiger partial charge in [-0.15, -0.1) is 0 Å². The van der Waals surface area contributed by atoms with Crippen LogP contribution in [0.4, 0.5) is 5.69 Å². The van der Waals surface area contributed by atoms with E-state index >= 15 is 0 Å². The van der Waals surface area contributed by atoms with Crippen molar-refractivity contribution in [3.05, 3.63) is 90.0 Å². The van der Waals surface area contributed by atoms with Crippen LogP contribution in [0.25, 0.3) is 0 Å². The normalized spacial score (nSPS) is 11.9. The molecule has 1 unspecified atom stereocenters. The highest BCUT2D eigenvalue weighted by atomic mass is 32.2. The second-order valence-corrected chi connectivity index (χ2v) is 10.7. The second-order valence-electron chi connectivity index (χ2n) is 8.81. The maximum absolute atomic E-state index is 13.9. The summed E-state index contributed by atoms with van der Waals surface area (Å²) in [6.45, 7) is 7.54. The summed E-state index contributed by atoms with van der Waals surface area (Å²) in [5.74, 6) is -0.499. The van der Waals surface area contributed by atoms with Crippen LogP contribution in [0.2, 0.25) is 0 Å². The van der Waals surface area contributed by atoms with Gasteiger partial charge in [0.1, 0.15) is 18.3 Å². The SMILES string of the molecule is CCNC(=O)C(C)N(Cc1cccc(C)c1)C(=O)CN(c1ccccc1OCC)S(=O)(=O)c1ccccc1. The monoisotopic (exact) mass is 537 g/mol. The van der Waals surface area contributed by atoms with Gasteiger partial charge in [0.15, 0.2) is 0 Å². The first kappa shape index (κ1) is 28.7. The Bertz CT molecular complexity index is 1350. The molecule has 8 nitrogen and oxygen atoms in total. The van der Waals surface area contributed by atoms with Gasteiger partial charge in [0.05, 0.1) is 17.2 Å². The Labute approximate surface area is 225 Å². The van der Waals surface area contributed by atoms with Crippen LogP contribution < -0.4 is 14.4 Å². The fourth-order valence-corrected chi connectivity index (χ4v) is 5.53. The van der Waals surface area contributed by atoms with Crippen molar-refractivity contribution in [1.29, 1.82) is 0 Å². The van der Waals surface area contributed by atoms with Crippen molar-refractivity contribution >= 4 is 27.5 Å². The summed E-state index contributed by atoms with van der Waals surface area (Å²) >= 11 is 0. The molecular formula is C29H35N3O5S. The van der Waals surface area contributed by atoms with Crippen LogP contribution in [0.3, 0.4) is 0 Å². The van der Waals surface area contributed by atoms with E-state index < -0.39 is 28.5 Å². The first-order chi connectivity index (χ1) is 18.2. The van der Waals surface area contributed by atoms with E-state index in [1.165, 1.54) is 17.0 Å². The Morgan fingerprint density at radius 3 is 2.29 bits per heavy atom. The van der Waals surface area contributed by atoms with E-state index in [1.54, 1.807) is 63.2 Å². The number of benzene rings is 3. The number of hydrogen-bond acceptors (Lipinski definition) is 5. The summed E-state index contributed by atoms with van der Waals surface area (Å²) in [5.41, 5.74) is 2.09. The van der Waals surface area contributed by atoms with Crippen LogP contribution >= 0.6 is 0 Å². The number of carbonyl (C=O) groups excluding carboxylic acids is 2. The number of nitrogens with one attached hydrogen (secondary N) is 1. The second kappa shape index (κ2) is 13.1. The van der Waals surface area contributed by atoms with E-state index in [4.69, 9.17) is 4.74 Å². The molecule has 1 atom stereocenters. The molecule has 3 aromatic rings. The molecule has 3 rings (SSSR count). The molecule has 2 amide bonds. The number of amides is 2. The predicted molar refractivity (Wildman–Crippen MR) is 148 cm³/mol. The van der Waals surface area contributed by atoms with E-state index in [0.717, 1.165) is 15.4 Å². The summed E-state index contributed by atoms with van der Waals surface area (Å²) in [6.07, 6.45) is 0. The van der Waals surface area contributed by atoms with E-state index in [-0.39, 0.29) is 23.0 Å². The predicted octanol–water partition coefficient (Wildman–Crippen LogP) is 4.14. The Balaban J connectivity index is 2.07. The summed E-state index contributed by atoms with van der Waals surface area (Å²) in [6, 6.07) is 21.5. The smallest absolute Gasteiger partial charge is 0.264 e. The maximum atomic E-state index is 13.9. The third-order valence-corrected chi connectivity index (χ3v) is 7.77. The Morgan fingerprint density at radius 1 is 0.947 bits per heavy atom. The molecule has 0 spiro atoms. The van der Waals surface area contributed by atoms with Crippen LogP contribution in [-0.2, 0) is 26.2 Å². The molecule has 202 valence electrons. The Morgan fingerprint density at radius 2 is 1.63 bits per heavy atom. The zero-order valence-electron chi connectivity index (χ0n) is 22.3. The van der Waals surface area contributed by atoms with Crippen LogP contribution in [0.5, 0.6) is 5.75 Å². The molecule has 0 heterocycles. The van der Waals surface area contributed by atoms with Crippen LogP contribution in [-0.4, -0.2) is 50.9 Å². The van der Waals surface area contributed by atoms with Gasteiger partial charge >= 0.3 is 0 Å². The van der Waals surface area contributed by atoms with Gasteiger partial charge in [-0.1, -0.05) is 60.2 Å². The van der Waals surface area contributed by atoms with Gasteiger partial charge < -0.3 is 15.0 Å². The number of nitrogens with zero attached hydrogens (tertiary/aromatic N) is 2. The van der Waals surface area contributed by atoms with Gasteiger partial charge in [0.25, 0.3) is 10.0 Å². The van der Waals surface area contributed by atoms with E-state index in [0.29, 0.717) is 18.9 Å². The van der Waals surface area contributed by atoms with Gasteiger partial charge in [-0.25, -0.2) is 8.42 Å². The highest BCUT2D eigenvalue weighted by Gasteiger charge is 2.33. The van der Waals surface area contributed by atoms with E-state index in [9.17, 15) is 18.0 Å². The lowest BCUT2D eigenvalue weighted by atomic mass is 10.1. The molecule has 1 N–H and O–H groups in total. The molecule has 0 aromatic heterocycles. The molecule has 0 bridgehead atoms. The average molecular weight is 538 g/mol. The number of hydrogen-bond donors (Lipinski definition) is 1. The van der Waals surface area contributed by atoms with Gasteiger partial charge in [-0.2, -0.15) is 0 Å². The first-order valence-electron chi connectivity index (χ1n) is 12.6. The standard InChI is InChI=1S/C29H35N3O5S/c1-5-30-29(34)23(4)31(20-24-14-12-13-22(3)19-24)28(33)21-32(26-17-10-11-18-27(26)37-6-2)38(35,36)25-15-8-7-9-16-25/h7-19,23H,5-6,20-21H2,1-4H3,(H,30,34). The molecule has 0 radical (unpaired) electrons. The van der Waals surface area contributed by atoms with Gasteiger partial charge in [0.2, 0.25) is 11.8 Å². The minimum Gasteiger partial charge on any atom is -0.492 e. The third kappa shape index (κ3) is 6.92. The lowest BCUT2D eigenvalue weighted by molar-refractivity contribution is -0.139. The zero-order chi connectivity index (χ0) is 27.7. The zero-order valence-corrected chi connectivity index (χ0v) is 23.1. The number of aryl methyl sites for hydroxylation is 1. The van der Waals surface area contributed by atoms with Crippen LogP contribution in [0.1, 0.15) is 31.9 Å². The van der Waals surface area contributed by atoms with Crippen molar-refractivity contribution in [2.75, 3.05) is 24.0 Å². The fourth-order valence-electron chi connectivity index (χ4n) is 4.09. The van der Waals surface area contributed by atoms with Crippen LogP contribution in [0.15, 0.2) is 83.8 Å². The summed E-state index contributed by atoms with van der Waals surface area (Å²) in [7, 11) is -4.15. The molecule has 38 heavy (non-hydrogen) atoms. The van der Waals surface area contributed by atoms with Crippen molar-refractivity contribution < 1.29 is 22.7 Å². The molecule has 0 saturated heterocycles. The summed E-state index contributed by atoms with van der Waals surface area (Å²) < 4.78 is 34.5. The minimum atomic E-state index is -4.15. The molecule has 0 aliphatic rings. The van der Waals surface area contributed by atoms with Crippen LogP contribution in [0, 0.1) is 6.92 Å². The highest BCUT2D eigenvalue weighted by Crippen LogP contribution is 2.32. The van der Waals surface area contributed by atoms with Crippen molar-refractivity contribution in [2.45, 2.75) is 45.2 Å². The molecule has 0 fully saturated rings. The Kier molecular flexibility index (Phi) is 9.90. The number of sulfonamides is 1. The fraction of sp³-hybridized carbons (Fsp3) is 0.310. The third-order valence-electron chi connectivity index (χ3n) is 6.00. The minimum absolute atomic E-state index is 0.0427. The molecular weight excluding hydrogens is 502 g/mol.